The van der Waals surface area contributed by atoms with Crippen molar-refractivity contribution >= 4 is 11.8 Å². The molecule has 4 rings (SSSR count). The van der Waals surface area contributed by atoms with Gasteiger partial charge in [0.15, 0.2) is 0 Å². The fourth-order valence-corrected chi connectivity index (χ4v) is 5.19. The Morgan fingerprint density at radius 3 is 2.50 bits per heavy atom. The van der Waals surface area contributed by atoms with Gasteiger partial charge in [-0.15, -0.1) is 0 Å². The van der Waals surface area contributed by atoms with E-state index in [4.69, 9.17) is 4.74 Å². The molecule has 0 bridgehead atoms. The molecule has 4 fully saturated rings. The molecular weight excluding hydrogens is 332 g/mol. The van der Waals surface area contributed by atoms with E-state index in [-0.39, 0.29) is 11.3 Å². The highest BCUT2D eigenvalue weighted by molar-refractivity contribution is 5.84. The third-order valence-electron chi connectivity index (χ3n) is 6.85. The third-order valence-corrected chi connectivity index (χ3v) is 6.85. The van der Waals surface area contributed by atoms with Gasteiger partial charge >= 0.3 is 0 Å². The van der Waals surface area contributed by atoms with Crippen molar-refractivity contribution in [3.8, 4) is 0 Å². The number of rotatable bonds is 3. The molecule has 7 nitrogen and oxygen atoms in total. The van der Waals surface area contributed by atoms with E-state index in [1.54, 1.807) is 0 Å². The lowest BCUT2D eigenvalue weighted by atomic mass is 9.67. The number of fused-ring (bicyclic) bond motifs is 1. The summed E-state index contributed by atoms with van der Waals surface area (Å²) >= 11 is 0. The molecule has 2 amide bonds. The number of morpholine rings is 1. The number of piperazine rings is 1. The Morgan fingerprint density at radius 2 is 1.73 bits per heavy atom. The minimum absolute atomic E-state index is 0.168. The zero-order chi connectivity index (χ0) is 18.0. The topological polar surface area (TPSA) is 65.1 Å². The largest absolute Gasteiger partial charge is 0.379 e. The van der Waals surface area contributed by atoms with Crippen LogP contribution in [0.25, 0.3) is 0 Å². The van der Waals surface area contributed by atoms with Crippen LogP contribution < -0.4 is 5.32 Å². The number of hydrogen-bond acceptors (Lipinski definition) is 5. The Balaban J connectivity index is 1.30. The Hall–Kier alpha value is -1.18. The van der Waals surface area contributed by atoms with Gasteiger partial charge in [-0.2, -0.15) is 0 Å². The molecule has 146 valence electrons. The Kier molecular flexibility index (Phi) is 5.47. The normalized spacial score (nSPS) is 33.2. The fourth-order valence-electron chi connectivity index (χ4n) is 5.19. The van der Waals surface area contributed by atoms with Crippen LogP contribution in [-0.4, -0.2) is 98.6 Å². The zero-order valence-electron chi connectivity index (χ0n) is 15.8. The van der Waals surface area contributed by atoms with Crippen LogP contribution in [0.5, 0.6) is 0 Å². The molecule has 0 spiro atoms. The Morgan fingerprint density at radius 1 is 1.00 bits per heavy atom. The van der Waals surface area contributed by atoms with E-state index in [1.807, 2.05) is 9.80 Å². The van der Waals surface area contributed by atoms with Crippen LogP contribution in [0.2, 0.25) is 0 Å². The summed E-state index contributed by atoms with van der Waals surface area (Å²) in [7, 11) is 0. The monoisotopic (exact) mass is 364 g/mol. The minimum atomic E-state index is -0.168. The van der Waals surface area contributed by atoms with E-state index >= 15 is 0 Å². The Labute approximate surface area is 156 Å². The van der Waals surface area contributed by atoms with Crippen molar-refractivity contribution in [3.63, 3.8) is 0 Å². The van der Waals surface area contributed by atoms with Crippen LogP contribution in [0.3, 0.4) is 0 Å². The first-order chi connectivity index (χ1) is 12.7. The molecule has 1 N–H and O–H groups in total. The predicted octanol–water partition coefficient (Wildman–Crippen LogP) is -0.231. The maximum atomic E-state index is 13.3. The van der Waals surface area contributed by atoms with Crippen molar-refractivity contribution in [1.82, 2.24) is 20.0 Å². The van der Waals surface area contributed by atoms with Gasteiger partial charge in [0.05, 0.1) is 25.2 Å². The summed E-state index contributed by atoms with van der Waals surface area (Å²) in [4.78, 5) is 32.0. The summed E-state index contributed by atoms with van der Waals surface area (Å²) in [5.41, 5.74) is -0.168. The van der Waals surface area contributed by atoms with E-state index in [9.17, 15) is 9.59 Å². The number of ether oxygens (including phenoxy) is 1. The van der Waals surface area contributed by atoms with Crippen molar-refractivity contribution in [1.29, 1.82) is 0 Å². The van der Waals surface area contributed by atoms with Gasteiger partial charge in [0.25, 0.3) is 0 Å². The lowest BCUT2D eigenvalue weighted by Gasteiger charge is -2.43. The number of nitrogens with one attached hydrogen (secondary N) is 1. The van der Waals surface area contributed by atoms with Gasteiger partial charge in [0.1, 0.15) is 0 Å². The standard InChI is InChI=1S/C19H32N4O3/c24-17(14-21-9-11-26-12-10-21)22-5-7-23(8-6-22)18(25)19-4-2-1-3-16(19)13-20-15-19/h16,20H,1-15H2/t16-,19+/m0/s1. The second-order valence-corrected chi connectivity index (χ2v) is 8.29. The number of nitrogens with zero attached hydrogens (tertiary/aromatic N) is 3. The van der Waals surface area contributed by atoms with E-state index in [1.165, 1.54) is 19.3 Å². The summed E-state index contributed by atoms with van der Waals surface area (Å²) in [6, 6.07) is 0. The van der Waals surface area contributed by atoms with Gasteiger partial charge in [-0.3, -0.25) is 14.5 Å². The summed E-state index contributed by atoms with van der Waals surface area (Å²) in [5.74, 6) is 1.03. The fraction of sp³-hybridized carbons (Fsp3) is 0.895. The predicted molar refractivity (Wildman–Crippen MR) is 97.7 cm³/mol. The van der Waals surface area contributed by atoms with Crippen molar-refractivity contribution in [2.75, 3.05) is 72.1 Å². The van der Waals surface area contributed by atoms with Crippen molar-refractivity contribution in [2.24, 2.45) is 11.3 Å². The van der Waals surface area contributed by atoms with Crippen LogP contribution in [0.15, 0.2) is 0 Å². The highest BCUT2D eigenvalue weighted by Gasteiger charge is 2.51. The SMILES string of the molecule is O=C(CN1CCOCC1)N1CCN(C(=O)[C@@]23CCCC[C@H]2CNC3)CC1. The smallest absolute Gasteiger partial charge is 0.236 e. The molecule has 0 radical (unpaired) electrons. The second kappa shape index (κ2) is 7.82. The van der Waals surface area contributed by atoms with Gasteiger partial charge < -0.3 is 19.9 Å². The minimum Gasteiger partial charge on any atom is -0.379 e. The molecule has 0 unspecified atom stereocenters. The molecule has 0 aromatic heterocycles. The van der Waals surface area contributed by atoms with Crippen LogP contribution in [0, 0.1) is 11.3 Å². The number of amides is 2. The van der Waals surface area contributed by atoms with E-state index in [0.717, 1.165) is 32.6 Å². The summed E-state index contributed by atoms with van der Waals surface area (Å²) < 4.78 is 5.34. The van der Waals surface area contributed by atoms with Gasteiger partial charge in [-0.1, -0.05) is 12.8 Å². The second-order valence-electron chi connectivity index (χ2n) is 8.29. The number of hydrogen-bond donors (Lipinski definition) is 1. The van der Waals surface area contributed by atoms with Crippen molar-refractivity contribution < 1.29 is 14.3 Å². The summed E-state index contributed by atoms with van der Waals surface area (Å²) in [5, 5.41) is 3.47. The quantitative estimate of drug-likeness (QED) is 0.749. The van der Waals surface area contributed by atoms with Gasteiger partial charge in [0.2, 0.25) is 11.8 Å². The van der Waals surface area contributed by atoms with Crippen LogP contribution in [-0.2, 0) is 14.3 Å². The van der Waals surface area contributed by atoms with Crippen LogP contribution in [0.1, 0.15) is 25.7 Å². The molecule has 3 heterocycles. The van der Waals surface area contributed by atoms with E-state index in [0.29, 0.717) is 57.8 Å². The van der Waals surface area contributed by atoms with Crippen molar-refractivity contribution in [3.05, 3.63) is 0 Å². The molecule has 0 aromatic rings. The summed E-state index contributed by atoms with van der Waals surface area (Å²) in [6.07, 6.45) is 4.63. The first-order valence-electron chi connectivity index (χ1n) is 10.3. The molecule has 1 saturated carbocycles. The maximum Gasteiger partial charge on any atom is 0.236 e. The van der Waals surface area contributed by atoms with Crippen molar-refractivity contribution in [2.45, 2.75) is 25.7 Å². The number of carbonyl (C=O) groups excluding carboxylic acids is 2. The molecule has 1 aliphatic carbocycles. The van der Waals surface area contributed by atoms with Crippen LogP contribution >= 0.6 is 0 Å². The highest BCUT2D eigenvalue weighted by Crippen LogP contribution is 2.45. The lowest BCUT2D eigenvalue weighted by molar-refractivity contribution is -0.150. The van der Waals surface area contributed by atoms with Gasteiger partial charge in [-0.25, -0.2) is 0 Å². The summed E-state index contributed by atoms with van der Waals surface area (Å²) in [6.45, 7) is 8.11. The lowest BCUT2D eigenvalue weighted by Crippen LogP contribution is -2.57. The van der Waals surface area contributed by atoms with Gasteiger partial charge in [-0.05, 0) is 25.3 Å². The molecule has 7 heteroatoms. The molecular formula is C19H32N4O3. The van der Waals surface area contributed by atoms with E-state index < -0.39 is 0 Å². The first kappa shape index (κ1) is 18.2. The molecule has 2 atom stereocenters. The molecule has 3 saturated heterocycles. The molecule has 0 aromatic carbocycles. The first-order valence-corrected chi connectivity index (χ1v) is 10.3. The zero-order valence-corrected chi connectivity index (χ0v) is 15.8. The number of carbonyl (C=O) groups is 2. The van der Waals surface area contributed by atoms with Crippen LogP contribution in [0.4, 0.5) is 0 Å². The Bertz CT molecular complexity index is 529. The molecule has 4 aliphatic rings. The maximum absolute atomic E-state index is 13.3. The third kappa shape index (κ3) is 3.49. The van der Waals surface area contributed by atoms with Gasteiger partial charge in [0, 0.05) is 45.8 Å². The average Bonchev–Trinajstić information content (AvgIpc) is 3.13. The average molecular weight is 364 g/mol. The highest BCUT2D eigenvalue weighted by atomic mass is 16.5. The molecule has 3 aliphatic heterocycles. The van der Waals surface area contributed by atoms with E-state index in [2.05, 4.69) is 10.2 Å². The molecule has 26 heavy (non-hydrogen) atoms.